The summed E-state index contributed by atoms with van der Waals surface area (Å²) in [6, 6.07) is 0. The van der Waals surface area contributed by atoms with Crippen molar-refractivity contribution >= 4 is 11.3 Å². The summed E-state index contributed by atoms with van der Waals surface area (Å²) in [5, 5.41) is 18.7. The molecule has 0 saturated heterocycles. The number of aromatic nitrogens is 4. The minimum Gasteiger partial charge on any atom is -0.390 e. The van der Waals surface area contributed by atoms with Crippen molar-refractivity contribution in [2.45, 2.75) is 58.5 Å². The highest BCUT2D eigenvalue weighted by atomic mass is 32.1. The van der Waals surface area contributed by atoms with Crippen molar-refractivity contribution in [2.24, 2.45) is 0 Å². The predicted octanol–water partition coefficient (Wildman–Crippen LogP) is 2.39. The smallest absolute Gasteiger partial charge is 0.212 e. The van der Waals surface area contributed by atoms with Crippen LogP contribution >= 0.6 is 11.3 Å². The second-order valence-electron chi connectivity index (χ2n) is 6.28. The van der Waals surface area contributed by atoms with E-state index < -0.39 is 0 Å². The van der Waals surface area contributed by atoms with Crippen LogP contribution in [0.4, 0.5) is 0 Å². The number of aliphatic hydroxyl groups excluding tert-OH is 1. The topological polar surface area (TPSA) is 63.8 Å². The van der Waals surface area contributed by atoms with Gasteiger partial charge in [0.1, 0.15) is 5.69 Å². The van der Waals surface area contributed by atoms with E-state index in [0.29, 0.717) is 5.69 Å². The quantitative estimate of drug-likeness (QED) is 0.923. The van der Waals surface area contributed by atoms with Gasteiger partial charge in [-0.15, -0.1) is 5.10 Å². The molecule has 0 spiro atoms. The zero-order valence-electron chi connectivity index (χ0n) is 12.2. The van der Waals surface area contributed by atoms with Crippen molar-refractivity contribution in [1.82, 2.24) is 20.0 Å². The lowest BCUT2D eigenvalue weighted by atomic mass is 9.90. The van der Waals surface area contributed by atoms with E-state index in [2.05, 4.69) is 31.1 Å². The molecule has 6 heteroatoms. The van der Waals surface area contributed by atoms with Crippen molar-refractivity contribution in [3.63, 3.8) is 0 Å². The van der Waals surface area contributed by atoms with E-state index in [9.17, 15) is 5.11 Å². The fraction of sp³-hybridized carbons (Fsp3) is 0.643. The van der Waals surface area contributed by atoms with Gasteiger partial charge in [0.25, 0.3) is 0 Å². The number of aliphatic hydroxyl groups is 1. The molecule has 2 aromatic heterocycles. The molecule has 0 unspecified atom stereocenters. The molecule has 0 fully saturated rings. The molecule has 108 valence electrons. The molecule has 3 rings (SSSR count). The number of hydrogen-bond donors (Lipinski definition) is 1. The molecule has 0 aromatic carbocycles. The van der Waals surface area contributed by atoms with Crippen molar-refractivity contribution < 1.29 is 5.11 Å². The van der Waals surface area contributed by atoms with Crippen LogP contribution in [0.25, 0.3) is 5.13 Å². The molecule has 1 aliphatic rings. The number of aryl methyl sites for hydroxylation is 2. The molecule has 20 heavy (non-hydrogen) atoms. The number of fused-ring (bicyclic) bond motifs is 1. The van der Waals surface area contributed by atoms with Gasteiger partial charge in [0.15, 0.2) is 0 Å². The molecule has 0 aliphatic heterocycles. The Hall–Kier alpha value is -1.27. The summed E-state index contributed by atoms with van der Waals surface area (Å²) in [4.78, 5) is 6.12. The first kappa shape index (κ1) is 13.7. The Labute approximate surface area is 122 Å². The van der Waals surface area contributed by atoms with Gasteiger partial charge in [-0.2, -0.15) is 4.68 Å². The van der Waals surface area contributed by atoms with Crippen molar-refractivity contribution in [3.05, 3.63) is 22.0 Å². The Morgan fingerprint density at radius 2 is 2.00 bits per heavy atom. The van der Waals surface area contributed by atoms with Crippen LogP contribution in [0.3, 0.4) is 0 Å². The summed E-state index contributed by atoms with van der Waals surface area (Å²) in [5.41, 5.74) is 2.68. The first-order valence-electron chi connectivity index (χ1n) is 7.05. The van der Waals surface area contributed by atoms with Gasteiger partial charge in [-0.3, -0.25) is 0 Å². The Morgan fingerprint density at radius 3 is 2.65 bits per heavy atom. The van der Waals surface area contributed by atoms with E-state index in [4.69, 9.17) is 4.98 Å². The lowest BCUT2D eigenvalue weighted by Crippen LogP contribution is -2.19. The monoisotopic (exact) mass is 292 g/mol. The van der Waals surface area contributed by atoms with E-state index in [0.717, 1.165) is 23.7 Å². The van der Waals surface area contributed by atoms with Crippen molar-refractivity contribution in [1.29, 1.82) is 0 Å². The number of rotatable bonds is 2. The van der Waals surface area contributed by atoms with Gasteiger partial charge < -0.3 is 5.11 Å². The standard InChI is InChI=1S/C14H20N4OS/c1-14(2,3)12-10(8-19)16-17-18(12)13-15-9-6-4-5-7-11(9)20-13/h19H,4-8H2,1-3H3. The van der Waals surface area contributed by atoms with Gasteiger partial charge >= 0.3 is 0 Å². The molecule has 0 amide bonds. The average molecular weight is 292 g/mol. The van der Waals surface area contributed by atoms with Crippen LogP contribution in [-0.2, 0) is 24.9 Å². The Balaban J connectivity index is 2.10. The van der Waals surface area contributed by atoms with Crippen LogP contribution in [0.1, 0.15) is 55.6 Å². The summed E-state index contributed by atoms with van der Waals surface area (Å²) in [7, 11) is 0. The fourth-order valence-electron chi connectivity index (χ4n) is 2.73. The third-order valence-corrected chi connectivity index (χ3v) is 4.75. The third kappa shape index (κ3) is 2.27. The average Bonchev–Trinajstić information content (AvgIpc) is 3.01. The second-order valence-corrected chi connectivity index (χ2v) is 7.34. The van der Waals surface area contributed by atoms with Crippen molar-refractivity contribution in [3.8, 4) is 5.13 Å². The highest BCUT2D eigenvalue weighted by Crippen LogP contribution is 2.32. The molecule has 1 aliphatic carbocycles. The first-order valence-corrected chi connectivity index (χ1v) is 7.87. The Morgan fingerprint density at radius 1 is 1.25 bits per heavy atom. The van der Waals surface area contributed by atoms with Crippen LogP contribution < -0.4 is 0 Å². The lowest BCUT2D eigenvalue weighted by Gasteiger charge is -2.19. The van der Waals surface area contributed by atoms with E-state index in [1.807, 2.05) is 4.68 Å². The SMILES string of the molecule is CC(C)(C)c1c(CO)nnn1-c1nc2c(s1)CCCC2. The van der Waals surface area contributed by atoms with Gasteiger partial charge in [-0.25, -0.2) is 4.98 Å². The molecule has 0 bridgehead atoms. The zero-order valence-corrected chi connectivity index (χ0v) is 13.0. The fourth-order valence-corrected chi connectivity index (χ4v) is 3.84. The number of thiazole rings is 1. The highest BCUT2D eigenvalue weighted by Gasteiger charge is 2.27. The number of hydrogen-bond acceptors (Lipinski definition) is 5. The molecule has 1 N–H and O–H groups in total. The van der Waals surface area contributed by atoms with E-state index >= 15 is 0 Å². The minimum absolute atomic E-state index is 0.0856. The zero-order chi connectivity index (χ0) is 14.3. The minimum atomic E-state index is -0.131. The Kier molecular flexibility index (Phi) is 3.38. The van der Waals surface area contributed by atoms with E-state index in [1.54, 1.807) is 11.3 Å². The van der Waals surface area contributed by atoms with Crippen LogP contribution in [-0.4, -0.2) is 25.1 Å². The highest BCUT2D eigenvalue weighted by molar-refractivity contribution is 7.14. The molecule has 2 aromatic rings. The lowest BCUT2D eigenvalue weighted by molar-refractivity contribution is 0.273. The van der Waals surface area contributed by atoms with Crippen LogP contribution in [0.15, 0.2) is 0 Å². The van der Waals surface area contributed by atoms with Gasteiger partial charge in [0.2, 0.25) is 5.13 Å². The summed E-state index contributed by atoms with van der Waals surface area (Å²) in [6.07, 6.45) is 4.67. The number of nitrogens with zero attached hydrogens (tertiary/aromatic N) is 4. The normalized spacial score (nSPS) is 15.4. The second kappa shape index (κ2) is 4.93. The summed E-state index contributed by atoms with van der Waals surface area (Å²) >= 11 is 1.71. The molecular formula is C14H20N4OS. The van der Waals surface area contributed by atoms with Crippen LogP contribution in [0.5, 0.6) is 0 Å². The van der Waals surface area contributed by atoms with E-state index in [1.165, 1.54) is 23.4 Å². The Bertz CT molecular complexity index is 600. The maximum Gasteiger partial charge on any atom is 0.212 e. The predicted molar refractivity (Wildman–Crippen MR) is 78.3 cm³/mol. The molecular weight excluding hydrogens is 272 g/mol. The summed E-state index contributed by atoms with van der Waals surface area (Å²) < 4.78 is 1.81. The maximum absolute atomic E-state index is 9.47. The van der Waals surface area contributed by atoms with Gasteiger partial charge in [-0.1, -0.05) is 37.3 Å². The van der Waals surface area contributed by atoms with E-state index in [-0.39, 0.29) is 12.0 Å². The van der Waals surface area contributed by atoms with Crippen molar-refractivity contribution in [2.75, 3.05) is 0 Å². The van der Waals surface area contributed by atoms with Crippen LogP contribution in [0.2, 0.25) is 0 Å². The van der Waals surface area contributed by atoms with Gasteiger partial charge in [-0.05, 0) is 25.7 Å². The van der Waals surface area contributed by atoms with Gasteiger partial charge in [0.05, 0.1) is 18.0 Å². The molecule has 2 heterocycles. The molecule has 5 nitrogen and oxygen atoms in total. The first-order chi connectivity index (χ1) is 9.50. The largest absolute Gasteiger partial charge is 0.390 e. The maximum atomic E-state index is 9.47. The summed E-state index contributed by atoms with van der Waals surface area (Å²) in [5.74, 6) is 0. The molecule has 0 atom stereocenters. The summed E-state index contributed by atoms with van der Waals surface area (Å²) in [6.45, 7) is 6.23. The molecule has 0 saturated carbocycles. The van der Waals surface area contributed by atoms with Crippen LogP contribution in [0, 0.1) is 0 Å². The van der Waals surface area contributed by atoms with Gasteiger partial charge in [0, 0.05) is 10.3 Å². The third-order valence-electron chi connectivity index (χ3n) is 3.62. The molecule has 0 radical (unpaired) electrons.